The second-order valence-corrected chi connectivity index (χ2v) is 7.06. The molecule has 20 heavy (non-hydrogen) atoms. The molecule has 1 aliphatic carbocycles. The minimum atomic E-state index is -0.684. The van der Waals surface area contributed by atoms with Crippen LogP contribution >= 0.6 is 15.9 Å². The van der Waals surface area contributed by atoms with Gasteiger partial charge in [0.05, 0.1) is 5.41 Å². The summed E-state index contributed by atoms with van der Waals surface area (Å²) >= 11 is 3.66. The zero-order valence-electron chi connectivity index (χ0n) is 11.7. The smallest absolute Gasteiger partial charge is 0.314 e. The van der Waals surface area contributed by atoms with Gasteiger partial charge in [0, 0.05) is 4.47 Å². The van der Waals surface area contributed by atoms with Gasteiger partial charge in [0.2, 0.25) is 0 Å². The third-order valence-corrected chi connectivity index (χ3v) is 5.56. The van der Waals surface area contributed by atoms with Crippen LogP contribution in [0.2, 0.25) is 0 Å². The first-order valence-electron chi connectivity index (χ1n) is 7.25. The molecule has 2 fully saturated rings. The number of aliphatic carboxylic acids is 1. The number of carbonyl (C=O) groups is 1. The molecule has 2 aliphatic rings. The van der Waals surface area contributed by atoms with Gasteiger partial charge in [0.1, 0.15) is 0 Å². The standard InChI is InChI=1S/C16H20BrNO2/c1-18-8-4-11(5-9-18)13-3-2-12(10-14(13)17)16(6-7-16)15(19)20/h2-3,10-11H,4-9H2,1H3,(H,19,20). The molecule has 1 N–H and O–H groups in total. The SMILES string of the molecule is CN1CCC(c2ccc(C3(C(=O)O)CC3)cc2Br)CC1. The lowest BCUT2D eigenvalue weighted by Gasteiger charge is -2.30. The number of likely N-dealkylation sites (tertiary alicyclic amines) is 1. The molecule has 1 aliphatic heterocycles. The minimum absolute atomic E-state index is 0.592. The zero-order chi connectivity index (χ0) is 14.3. The van der Waals surface area contributed by atoms with Crippen molar-refractivity contribution >= 4 is 21.9 Å². The van der Waals surface area contributed by atoms with Crippen LogP contribution in [0, 0.1) is 0 Å². The third-order valence-electron chi connectivity index (χ3n) is 4.87. The number of rotatable bonds is 3. The Hall–Kier alpha value is -0.870. The number of carboxylic acids is 1. The first-order chi connectivity index (χ1) is 9.53. The van der Waals surface area contributed by atoms with E-state index in [0.29, 0.717) is 5.92 Å². The van der Waals surface area contributed by atoms with Gasteiger partial charge in [-0.25, -0.2) is 0 Å². The fourth-order valence-corrected chi connectivity index (χ4v) is 3.93. The molecule has 1 aromatic carbocycles. The van der Waals surface area contributed by atoms with Crippen LogP contribution < -0.4 is 0 Å². The summed E-state index contributed by atoms with van der Waals surface area (Å²) < 4.78 is 1.08. The molecular weight excluding hydrogens is 318 g/mol. The van der Waals surface area contributed by atoms with Crippen LogP contribution in [-0.2, 0) is 10.2 Å². The maximum atomic E-state index is 11.4. The Kier molecular flexibility index (Phi) is 3.63. The van der Waals surface area contributed by atoms with Gasteiger partial charge < -0.3 is 10.0 Å². The van der Waals surface area contributed by atoms with Crippen molar-refractivity contribution in [3.8, 4) is 0 Å². The average molecular weight is 338 g/mol. The van der Waals surface area contributed by atoms with Crippen molar-refractivity contribution in [2.75, 3.05) is 20.1 Å². The van der Waals surface area contributed by atoms with E-state index in [-0.39, 0.29) is 0 Å². The second-order valence-electron chi connectivity index (χ2n) is 6.20. The van der Waals surface area contributed by atoms with Gasteiger partial charge in [-0.3, -0.25) is 4.79 Å². The molecule has 0 aromatic heterocycles. The van der Waals surface area contributed by atoms with Gasteiger partial charge in [-0.1, -0.05) is 28.1 Å². The first-order valence-corrected chi connectivity index (χ1v) is 8.04. The van der Waals surface area contributed by atoms with Crippen molar-refractivity contribution in [2.24, 2.45) is 0 Å². The van der Waals surface area contributed by atoms with Crippen molar-refractivity contribution in [2.45, 2.75) is 37.0 Å². The summed E-state index contributed by atoms with van der Waals surface area (Å²) in [5.41, 5.74) is 1.69. The van der Waals surface area contributed by atoms with Gasteiger partial charge in [0.15, 0.2) is 0 Å². The average Bonchev–Trinajstić information content (AvgIpc) is 3.21. The minimum Gasteiger partial charge on any atom is -0.481 e. The van der Waals surface area contributed by atoms with Crippen LogP contribution in [0.25, 0.3) is 0 Å². The lowest BCUT2D eigenvalue weighted by Crippen LogP contribution is -2.29. The molecule has 0 spiro atoms. The maximum Gasteiger partial charge on any atom is 0.314 e. The fraction of sp³-hybridized carbons (Fsp3) is 0.562. The summed E-state index contributed by atoms with van der Waals surface area (Å²) in [7, 11) is 2.16. The van der Waals surface area contributed by atoms with Crippen LogP contribution in [0.3, 0.4) is 0 Å². The molecule has 0 bridgehead atoms. The quantitative estimate of drug-likeness (QED) is 0.919. The highest BCUT2D eigenvalue weighted by molar-refractivity contribution is 9.10. The number of carboxylic acid groups (broad SMARTS) is 1. The van der Waals surface area contributed by atoms with Gasteiger partial charge in [-0.15, -0.1) is 0 Å². The van der Waals surface area contributed by atoms with Crippen molar-refractivity contribution in [3.05, 3.63) is 33.8 Å². The summed E-state index contributed by atoms with van der Waals surface area (Å²) in [6.45, 7) is 2.27. The predicted molar refractivity (Wildman–Crippen MR) is 82.2 cm³/mol. The highest BCUT2D eigenvalue weighted by Crippen LogP contribution is 2.49. The molecule has 3 rings (SSSR count). The Morgan fingerprint density at radius 2 is 2.00 bits per heavy atom. The Bertz CT molecular complexity index is 531. The van der Waals surface area contributed by atoms with Crippen LogP contribution in [0.5, 0.6) is 0 Å². The molecule has 0 atom stereocenters. The molecule has 1 heterocycles. The van der Waals surface area contributed by atoms with E-state index in [1.807, 2.05) is 12.1 Å². The van der Waals surface area contributed by atoms with E-state index in [2.05, 4.69) is 33.9 Å². The molecule has 3 nitrogen and oxygen atoms in total. The first kappa shape index (κ1) is 14.1. The molecule has 0 radical (unpaired) electrons. The summed E-state index contributed by atoms with van der Waals surface area (Å²) in [6, 6.07) is 6.20. The second kappa shape index (κ2) is 5.15. The Morgan fingerprint density at radius 1 is 1.35 bits per heavy atom. The topological polar surface area (TPSA) is 40.5 Å². The zero-order valence-corrected chi connectivity index (χ0v) is 13.3. The third kappa shape index (κ3) is 2.40. The highest BCUT2D eigenvalue weighted by Gasteiger charge is 2.51. The van der Waals surface area contributed by atoms with Crippen LogP contribution in [0.1, 0.15) is 42.7 Å². The Balaban J connectivity index is 1.83. The molecule has 1 saturated heterocycles. The van der Waals surface area contributed by atoms with E-state index in [1.165, 1.54) is 18.4 Å². The Morgan fingerprint density at radius 3 is 2.50 bits per heavy atom. The molecular formula is C16H20BrNO2. The van der Waals surface area contributed by atoms with Crippen molar-refractivity contribution in [3.63, 3.8) is 0 Å². The fourth-order valence-electron chi connectivity index (χ4n) is 3.23. The van der Waals surface area contributed by atoms with E-state index < -0.39 is 11.4 Å². The summed E-state index contributed by atoms with van der Waals surface area (Å²) in [4.78, 5) is 13.8. The van der Waals surface area contributed by atoms with E-state index in [9.17, 15) is 9.90 Å². The summed E-state index contributed by atoms with van der Waals surface area (Å²) in [6.07, 6.45) is 3.89. The van der Waals surface area contributed by atoms with Crippen LogP contribution in [-0.4, -0.2) is 36.1 Å². The van der Waals surface area contributed by atoms with Crippen molar-refractivity contribution in [1.29, 1.82) is 0 Å². The predicted octanol–water partition coefficient (Wildman–Crippen LogP) is 3.37. The van der Waals surface area contributed by atoms with E-state index in [1.54, 1.807) is 0 Å². The molecule has 4 heteroatoms. The Labute approximate surface area is 128 Å². The van der Waals surface area contributed by atoms with Gasteiger partial charge >= 0.3 is 5.97 Å². The largest absolute Gasteiger partial charge is 0.481 e. The molecule has 0 unspecified atom stereocenters. The molecule has 1 aromatic rings. The van der Waals surface area contributed by atoms with Gasteiger partial charge in [0.25, 0.3) is 0 Å². The molecule has 1 saturated carbocycles. The summed E-state index contributed by atoms with van der Waals surface area (Å²) in [5, 5.41) is 9.37. The normalized spacial score (nSPS) is 22.7. The van der Waals surface area contributed by atoms with Crippen molar-refractivity contribution in [1.82, 2.24) is 4.90 Å². The van der Waals surface area contributed by atoms with Gasteiger partial charge in [-0.2, -0.15) is 0 Å². The van der Waals surface area contributed by atoms with E-state index >= 15 is 0 Å². The van der Waals surface area contributed by atoms with Crippen molar-refractivity contribution < 1.29 is 9.90 Å². The monoisotopic (exact) mass is 337 g/mol. The number of benzene rings is 1. The summed E-state index contributed by atoms with van der Waals surface area (Å²) in [5.74, 6) is -0.0916. The maximum absolute atomic E-state index is 11.4. The highest BCUT2D eigenvalue weighted by atomic mass is 79.9. The van der Waals surface area contributed by atoms with Crippen LogP contribution in [0.4, 0.5) is 0 Å². The van der Waals surface area contributed by atoms with E-state index in [0.717, 1.165) is 36.0 Å². The number of hydrogen-bond donors (Lipinski definition) is 1. The van der Waals surface area contributed by atoms with E-state index in [4.69, 9.17) is 0 Å². The molecule has 0 amide bonds. The lowest BCUT2D eigenvalue weighted by molar-refractivity contribution is -0.140. The van der Waals surface area contributed by atoms with Crippen LogP contribution in [0.15, 0.2) is 22.7 Å². The number of hydrogen-bond acceptors (Lipinski definition) is 2. The number of piperidine rings is 1. The lowest BCUT2D eigenvalue weighted by atomic mass is 9.87. The number of nitrogens with zero attached hydrogens (tertiary/aromatic N) is 1. The molecule has 108 valence electrons. The van der Waals surface area contributed by atoms with Gasteiger partial charge in [-0.05, 0) is 68.9 Å². The number of halogens is 1.